The molecule has 0 spiro atoms. The summed E-state index contributed by atoms with van der Waals surface area (Å²) in [6.07, 6.45) is 0.968. The number of halogens is 2. The minimum Gasteiger partial charge on any atom is -0.294 e. The number of anilines is 1. The third-order valence-corrected chi connectivity index (χ3v) is 5.94. The zero-order valence-corrected chi connectivity index (χ0v) is 15.9. The van der Waals surface area contributed by atoms with Gasteiger partial charge in [0, 0.05) is 36.1 Å². The Morgan fingerprint density at radius 2 is 1.93 bits per heavy atom. The largest absolute Gasteiger partial charge is 0.294 e. The van der Waals surface area contributed by atoms with Crippen LogP contribution in [0.25, 0.3) is 0 Å². The van der Waals surface area contributed by atoms with Crippen molar-refractivity contribution < 1.29 is 18.4 Å². The molecule has 140 valence electrons. The molecule has 3 nitrogen and oxygen atoms in total. The molecule has 4 rings (SSSR count). The Bertz CT molecular complexity index is 963. The number of benzene rings is 1. The molecule has 0 radical (unpaired) electrons. The van der Waals surface area contributed by atoms with Gasteiger partial charge in [-0.05, 0) is 46.4 Å². The van der Waals surface area contributed by atoms with E-state index >= 15 is 0 Å². The summed E-state index contributed by atoms with van der Waals surface area (Å²) in [5.74, 6) is -2.09. The Balaban J connectivity index is 1.92. The first-order chi connectivity index (χ1) is 12.8. The van der Waals surface area contributed by atoms with Crippen molar-refractivity contribution >= 4 is 28.7 Å². The maximum absolute atomic E-state index is 14.5. The first-order valence-corrected chi connectivity index (χ1v) is 9.77. The van der Waals surface area contributed by atoms with Crippen LogP contribution >= 0.6 is 11.3 Å². The minimum absolute atomic E-state index is 0.00234. The molecule has 2 aliphatic rings. The molecule has 0 fully saturated rings. The fraction of sp³-hybridized carbons (Fsp3) is 0.333. The van der Waals surface area contributed by atoms with Crippen LogP contribution in [-0.2, 0) is 9.59 Å². The first kappa shape index (κ1) is 18.0. The summed E-state index contributed by atoms with van der Waals surface area (Å²) in [6, 6.07) is 5.09. The maximum atomic E-state index is 14.5. The lowest BCUT2D eigenvalue weighted by Gasteiger charge is -2.42. The highest BCUT2D eigenvalue weighted by atomic mass is 32.1. The van der Waals surface area contributed by atoms with Crippen molar-refractivity contribution in [3.63, 3.8) is 0 Å². The Morgan fingerprint density at radius 3 is 2.59 bits per heavy atom. The van der Waals surface area contributed by atoms with Crippen molar-refractivity contribution in [2.24, 2.45) is 5.41 Å². The van der Waals surface area contributed by atoms with Crippen molar-refractivity contribution in [1.82, 2.24) is 0 Å². The van der Waals surface area contributed by atoms with Gasteiger partial charge in [-0.1, -0.05) is 13.8 Å². The number of ketones is 1. The molecule has 1 amide bonds. The van der Waals surface area contributed by atoms with Crippen LogP contribution in [0.3, 0.4) is 0 Å². The van der Waals surface area contributed by atoms with Crippen LogP contribution in [0.5, 0.6) is 0 Å². The average Bonchev–Trinajstić information content (AvgIpc) is 3.08. The molecule has 1 unspecified atom stereocenters. The van der Waals surface area contributed by atoms with E-state index in [1.54, 1.807) is 0 Å². The van der Waals surface area contributed by atoms with Gasteiger partial charge in [0.15, 0.2) is 5.78 Å². The summed E-state index contributed by atoms with van der Waals surface area (Å²) in [7, 11) is 0. The van der Waals surface area contributed by atoms with Gasteiger partial charge in [-0.2, -0.15) is 11.3 Å². The van der Waals surface area contributed by atoms with Gasteiger partial charge >= 0.3 is 0 Å². The normalized spacial score (nSPS) is 22.2. The van der Waals surface area contributed by atoms with Crippen molar-refractivity contribution in [3.05, 3.63) is 63.5 Å². The highest BCUT2D eigenvalue weighted by molar-refractivity contribution is 7.08. The van der Waals surface area contributed by atoms with E-state index in [0.717, 1.165) is 17.7 Å². The number of hydrogen-bond donors (Lipinski definition) is 0. The highest BCUT2D eigenvalue weighted by Gasteiger charge is 2.44. The molecule has 0 N–H and O–H groups in total. The van der Waals surface area contributed by atoms with Gasteiger partial charge in [-0.15, -0.1) is 0 Å². The minimum atomic E-state index is -0.806. The van der Waals surface area contributed by atoms with Crippen molar-refractivity contribution in [2.45, 2.75) is 39.0 Å². The summed E-state index contributed by atoms with van der Waals surface area (Å²) in [5.41, 5.74) is 1.75. The monoisotopic (exact) mass is 387 g/mol. The lowest BCUT2D eigenvalue weighted by molar-refractivity contribution is -0.121. The van der Waals surface area contributed by atoms with Crippen molar-refractivity contribution in [2.75, 3.05) is 4.90 Å². The Hall–Kier alpha value is -2.34. The lowest BCUT2D eigenvalue weighted by atomic mass is 9.69. The highest BCUT2D eigenvalue weighted by Crippen LogP contribution is 2.48. The Morgan fingerprint density at radius 1 is 1.15 bits per heavy atom. The van der Waals surface area contributed by atoms with Gasteiger partial charge in [0.2, 0.25) is 5.91 Å². The number of carbonyl (C=O) groups excluding carboxylic acids is 2. The number of amides is 1. The number of nitrogens with zero attached hydrogens (tertiary/aromatic N) is 1. The second-order valence-electron chi connectivity index (χ2n) is 7.94. The third-order valence-electron chi connectivity index (χ3n) is 5.24. The molecule has 0 bridgehead atoms. The molecule has 2 aromatic rings. The van der Waals surface area contributed by atoms with Crippen molar-refractivity contribution in [1.29, 1.82) is 0 Å². The van der Waals surface area contributed by atoms with Crippen molar-refractivity contribution in [3.8, 4) is 0 Å². The molecule has 1 aromatic carbocycles. The van der Waals surface area contributed by atoms with E-state index in [-0.39, 0.29) is 35.1 Å². The summed E-state index contributed by atoms with van der Waals surface area (Å²) >= 11 is 1.52. The van der Waals surface area contributed by atoms with E-state index in [1.165, 1.54) is 22.3 Å². The van der Waals surface area contributed by atoms with E-state index in [0.29, 0.717) is 24.1 Å². The molecule has 0 saturated heterocycles. The van der Waals surface area contributed by atoms with Gasteiger partial charge in [0.25, 0.3) is 0 Å². The number of hydrogen-bond acceptors (Lipinski definition) is 3. The predicted molar refractivity (Wildman–Crippen MR) is 101 cm³/mol. The Kier molecular flexibility index (Phi) is 4.26. The average molecular weight is 387 g/mol. The zero-order chi connectivity index (χ0) is 19.3. The molecule has 1 aromatic heterocycles. The molecule has 1 atom stereocenters. The molecule has 1 aliphatic heterocycles. The SMILES string of the molecule is CC1(C)CC(=O)C2=C(C1)N(c1ccc(F)cc1F)C(=O)CC2c1ccsc1. The second-order valence-corrected chi connectivity index (χ2v) is 8.72. The molecule has 2 heterocycles. The van der Waals surface area contributed by atoms with Gasteiger partial charge in [-0.25, -0.2) is 8.78 Å². The number of rotatable bonds is 2. The third kappa shape index (κ3) is 3.12. The van der Waals surface area contributed by atoms with Crippen LogP contribution in [0.2, 0.25) is 0 Å². The van der Waals surface area contributed by atoms with Crippen LogP contribution in [0.15, 0.2) is 46.3 Å². The Labute approximate surface area is 160 Å². The summed E-state index contributed by atoms with van der Waals surface area (Å²) in [5, 5.41) is 3.87. The molecule has 1 aliphatic carbocycles. The smallest absolute Gasteiger partial charge is 0.232 e. The molecular formula is C21H19F2NO2S. The molecule has 0 saturated carbocycles. The quantitative estimate of drug-likeness (QED) is 0.711. The number of carbonyl (C=O) groups is 2. The van der Waals surface area contributed by atoms with E-state index in [2.05, 4.69) is 0 Å². The second kappa shape index (κ2) is 6.37. The lowest BCUT2D eigenvalue weighted by Crippen LogP contribution is -2.44. The van der Waals surface area contributed by atoms with Crippen LogP contribution in [0, 0.1) is 17.0 Å². The van der Waals surface area contributed by atoms with E-state index in [1.807, 2.05) is 30.7 Å². The summed E-state index contributed by atoms with van der Waals surface area (Å²) in [4.78, 5) is 27.4. The van der Waals surface area contributed by atoms with E-state index in [9.17, 15) is 18.4 Å². The van der Waals surface area contributed by atoms with Gasteiger partial charge in [0.1, 0.15) is 11.6 Å². The van der Waals surface area contributed by atoms with Gasteiger partial charge < -0.3 is 0 Å². The number of allylic oxidation sites excluding steroid dienone is 2. The summed E-state index contributed by atoms with van der Waals surface area (Å²) in [6.45, 7) is 3.93. The fourth-order valence-corrected chi connectivity index (χ4v) is 4.83. The first-order valence-electron chi connectivity index (χ1n) is 8.83. The van der Waals surface area contributed by atoms with E-state index < -0.39 is 11.6 Å². The topological polar surface area (TPSA) is 37.4 Å². The van der Waals surface area contributed by atoms with Crippen LogP contribution in [-0.4, -0.2) is 11.7 Å². The van der Waals surface area contributed by atoms with Gasteiger partial charge in [-0.3, -0.25) is 14.5 Å². The van der Waals surface area contributed by atoms with Crippen LogP contribution < -0.4 is 4.90 Å². The standard InChI is InChI=1S/C21H19F2NO2S/c1-21(2)9-17-20(18(25)10-21)14(12-5-6-27-11-12)8-19(26)24(17)16-4-3-13(22)7-15(16)23/h3-7,11,14H,8-10H2,1-2H3. The van der Waals surface area contributed by atoms with Crippen LogP contribution in [0.4, 0.5) is 14.5 Å². The molecular weight excluding hydrogens is 368 g/mol. The zero-order valence-electron chi connectivity index (χ0n) is 15.1. The van der Waals surface area contributed by atoms with Gasteiger partial charge in [0.05, 0.1) is 5.69 Å². The number of Topliss-reactive ketones (excluding diaryl/α,β-unsaturated/α-hetero) is 1. The maximum Gasteiger partial charge on any atom is 0.232 e. The fourth-order valence-electron chi connectivity index (χ4n) is 4.12. The van der Waals surface area contributed by atoms with E-state index in [4.69, 9.17) is 0 Å². The summed E-state index contributed by atoms with van der Waals surface area (Å²) < 4.78 is 27.9. The molecule has 27 heavy (non-hydrogen) atoms. The van der Waals surface area contributed by atoms with Crippen LogP contribution in [0.1, 0.15) is 44.6 Å². The number of thiophene rings is 1. The molecule has 6 heteroatoms. The predicted octanol–water partition coefficient (Wildman–Crippen LogP) is 5.19.